The molecule has 1 amide bonds. The average Bonchev–Trinajstić information content (AvgIpc) is 2.50. The third-order valence-electron chi connectivity index (χ3n) is 4.22. The highest BCUT2D eigenvalue weighted by Gasteiger charge is 2.27. The molecule has 0 aliphatic carbocycles. The number of carbonyl (C=O) groups is 1. The van der Waals surface area contributed by atoms with E-state index in [1.807, 2.05) is 36.1 Å². The Morgan fingerprint density at radius 1 is 1.29 bits per heavy atom. The van der Waals surface area contributed by atoms with E-state index in [1.54, 1.807) is 7.11 Å². The van der Waals surface area contributed by atoms with E-state index >= 15 is 0 Å². The Labute approximate surface area is 127 Å². The van der Waals surface area contributed by atoms with Gasteiger partial charge in [-0.3, -0.25) is 4.79 Å². The lowest BCUT2D eigenvalue weighted by molar-refractivity contribution is 0.0505. The minimum absolute atomic E-state index is 0.126. The summed E-state index contributed by atoms with van der Waals surface area (Å²) in [5.74, 6) is 0.126. The van der Waals surface area contributed by atoms with Crippen molar-refractivity contribution in [2.24, 2.45) is 0 Å². The first kappa shape index (κ1) is 16.0. The molecule has 1 aliphatic rings. The van der Waals surface area contributed by atoms with E-state index in [4.69, 9.17) is 4.74 Å². The van der Waals surface area contributed by atoms with Crippen LogP contribution in [0, 0.1) is 6.92 Å². The lowest BCUT2D eigenvalue weighted by atomic mass is 10.0. The number of likely N-dealkylation sites (tertiary alicyclic amines) is 1. The molecule has 0 atom stereocenters. The maximum Gasteiger partial charge on any atom is 0.254 e. The van der Waals surface area contributed by atoms with E-state index in [0.29, 0.717) is 19.2 Å². The quantitative estimate of drug-likeness (QED) is 0.833. The monoisotopic (exact) mass is 290 g/mol. The number of nitrogens with zero attached hydrogens (tertiary/aromatic N) is 2. The third kappa shape index (κ3) is 4.29. The van der Waals surface area contributed by atoms with Gasteiger partial charge in [-0.2, -0.15) is 0 Å². The lowest BCUT2D eigenvalue weighted by Gasteiger charge is -2.37. The second kappa shape index (κ2) is 7.57. The number of rotatable bonds is 5. The molecular weight excluding hydrogens is 264 g/mol. The standard InChI is InChI=1S/C17H26N2O2/c1-14-4-6-15(7-5-14)17(20)19(12-13-21-3)16-8-10-18(2)11-9-16/h4-7,16H,8-13H2,1-3H3. The van der Waals surface area contributed by atoms with Crippen molar-refractivity contribution in [2.75, 3.05) is 40.4 Å². The molecule has 116 valence electrons. The van der Waals surface area contributed by atoms with Gasteiger partial charge in [-0.25, -0.2) is 0 Å². The molecule has 0 unspecified atom stereocenters. The summed E-state index contributed by atoms with van der Waals surface area (Å²) in [6.45, 7) is 5.39. The first-order valence-electron chi connectivity index (χ1n) is 7.67. The molecule has 0 N–H and O–H groups in total. The summed E-state index contributed by atoms with van der Waals surface area (Å²) in [6.07, 6.45) is 2.08. The Hall–Kier alpha value is -1.39. The van der Waals surface area contributed by atoms with Crippen LogP contribution in [0.25, 0.3) is 0 Å². The van der Waals surface area contributed by atoms with Crippen molar-refractivity contribution in [3.8, 4) is 0 Å². The number of carbonyl (C=O) groups excluding carboxylic acids is 1. The molecular formula is C17H26N2O2. The van der Waals surface area contributed by atoms with Crippen LogP contribution in [-0.2, 0) is 4.74 Å². The molecule has 2 rings (SSSR count). The molecule has 0 saturated carbocycles. The first-order valence-corrected chi connectivity index (χ1v) is 7.67. The lowest BCUT2D eigenvalue weighted by Crippen LogP contribution is -2.47. The van der Waals surface area contributed by atoms with Crippen molar-refractivity contribution in [1.29, 1.82) is 0 Å². The van der Waals surface area contributed by atoms with E-state index in [0.717, 1.165) is 31.5 Å². The minimum atomic E-state index is 0.126. The average molecular weight is 290 g/mol. The number of hydrogen-bond donors (Lipinski definition) is 0. The molecule has 0 aromatic heterocycles. The normalized spacial score (nSPS) is 16.9. The molecule has 4 nitrogen and oxygen atoms in total. The van der Waals surface area contributed by atoms with Crippen LogP contribution < -0.4 is 0 Å². The van der Waals surface area contributed by atoms with E-state index < -0.39 is 0 Å². The van der Waals surface area contributed by atoms with Gasteiger partial charge >= 0.3 is 0 Å². The number of methoxy groups -OCH3 is 1. The summed E-state index contributed by atoms with van der Waals surface area (Å²) in [5.41, 5.74) is 1.95. The summed E-state index contributed by atoms with van der Waals surface area (Å²) >= 11 is 0. The van der Waals surface area contributed by atoms with E-state index in [-0.39, 0.29) is 5.91 Å². The summed E-state index contributed by atoms with van der Waals surface area (Å²) in [7, 11) is 3.82. The van der Waals surface area contributed by atoms with Crippen LogP contribution in [0.15, 0.2) is 24.3 Å². The summed E-state index contributed by atoms with van der Waals surface area (Å²) in [6, 6.07) is 8.16. The van der Waals surface area contributed by atoms with Crippen molar-refractivity contribution < 1.29 is 9.53 Å². The van der Waals surface area contributed by atoms with Crippen molar-refractivity contribution in [3.63, 3.8) is 0 Å². The molecule has 1 fully saturated rings. The second-order valence-corrected chi connectivity index (χ2v) is 5.89. The van der Waals surface area contributed by atoms with Crippen molar-refractivity contribution in [3.05, 3.63) is 35.4 Å². The van der Waals surface area contributed by atoms with Gasteiger partial charge in [0.2, 0.25) is 0 Å². The molecule has 1 aromatic rings. The molecule has 1 saturated heterocycles. The topological polar surface area (TPSA) is 32.8 Å². The van der Waals surface area contributed by atoms with Gasteiger partial charge in [0.05, 0.1) is 6.61 Å². The van der Waals surface area contributed by atoms with Gasteiger partial charge in [0, 0.05) is 25.3 Å². The number of piperidine rings is 1. The molecule has 0 bridgehead atoms. The number of amides is 1. The predicted molar refractivity (Wildman–Crippen MR) is 84.6 cm³/mol. The molecule has 1 aromatic carbocycles. The minimum Gasteiger partial charge on any atom is -0.383 e. The fourth-order valence-electron chi connectivity index (χ4n) is 2.81. The maximum absolute atomic E-state index is 12.8. The van der Waals surface area contributed by atoms with Crippen LogP contribution in [0.1, 0.15) is 28.8 Å². The maximum atomic E-state index is 12.8. The SMILES string of the molecule is COCCN(C(=O)c1ccc(C)cc1)C1CCN(C)CC1. The highest BCUT2D eigenvalue weighted by molar-refractivity contribution is 5.94. The van der Waals surface area contributed by atoms with E-state index in [2.05, 4.69) is 11.9 Å². The Morgan fingerprint density at radius 2 is 1.90 bits per heavy atom. The predicted octanol–water partition coefficient (Wildman–Crippen LogP) is 2.18. The van der Waals surface area contributed by atoms with Gasteiger partial charge in [0.25, 0.3) is 5.91 Å². The highest BCUT2D eigenvalue weighted by Crippen LogP contribution is 2.18. The van der Waals surface area contributed by atoms with Gasteiger partial charge in [0.1, 0.15) is 0 Å². The zero-order chi connectivity index (χ0) is 15.2. The van der Waals surface area contributed by atoms with Crippen LogP contribution >= 0.6 is 0 Å². The Balaban J connectivity index is 2.10. The first-order chi connectivity index (χ1) is 10.1. The molecule has 0 radical (unpaired) electrons. The van der Waals surface area contributed by atoms with Gasteiger partial charge in [0.15, 0.2) is 0 Å². The molecule has 21 heavy (non-hydrogen) atoms. The Morgan fingerprint density at radius 3 is 2.48 bits per heavy atom. The Kier molecular flexibility index (Phi) is 5.76. The molecule has 1 heterocycles. The molecule has 0 spiro atoms. The second-order valence-electron chi connectivity index (χ2n) is 5.89. The largest absolute Gasteiger partial charge is 0.383 e. The molecule has 1 aliphatic heterocycles. The van der Waals surface area contributed by atoms with Crippen LogP contribution in [-0.4, -0.2) is 62.1 Å². The number of benzene rings is 1. The van der Waals surface area contributed by atoms with Crippen molar-refractivity contribution >= 4 is 5.91 Å². The number of hydrogen-bond acceptors (Lipinski definition) is 3. The number of aryl methyl sites for hydroxylation is 1. The summed E-state index contributed by atoms with van der Waals surface area (Å²) < 4.78 is 5.19. The summed E-state index contributed by atoms with van der Waals surface area (Å²) in [4.78, 5) is 17.1. The molecule has 4 heteroatoms. The van der Waals surface area contributed by atoms with Crippen molar-refractivity contribution in [2.45, 2.75) is 25.8 Å². The Bertz CT molecular complexity index is 450. The number of ether oxygens (including phenoxy) is 1. The zero-order valence-electron chi connectivity index (χ0n) is 13.3. The van der Waals surface area contributed by atoms with Crippen LogP contribution in [0.3, 0.4) is 0 Å². The van der Waals surface area contributed by atoms with Gasteiger partial charge in [-0.1, -0.05) is 17.7 Å². The summed E-state index contributed by atoms with van der Waals surface area (Å²) in [5, 5.41) is 0. The van der Waals surface area contributed by atoms with Crippen LogP contribution in [0.4, 0.5) is 0 Å². The van der Waals surface area contributed by atoms with Gasteiger partial charge in [-0.05, 0) is 52.0 Å². The third-order valence-corrected chi connectivity index (χ3v) is 4.22. The zero-order valence-corrected chi connectivity index (χ0v) is 13.3. The fourth-order valence-corrected chi connectivity index (χ4v) is 2.81. The van der Waals surface area contributed by atoms with E-state index in [9.17, 15) is 4.79 Å². The van der Waals surface area contributed by atoms with Crippen LogP contribution in [0.2, 0.25) is 0 Å². The smallest absolute Gasteiger partial charge is 0.254 e. The highest BCUT2D eigenvalue weighted by atomic mass is 16.5. The van der Waals surface area contributed by atoms with Crippen molar-refractivity contribution in [1.82, 2.24) is 9.80 Å². The van der Waals surface area contributed by atoms with Gasteiger partial charge in [-0.15, -0.1) is 0 Å². The van der Waals surface area contributed by atoms with Crippen LogP contribution in [0.5, 0.6) is 0 Å². The van der Waals surface area contributed by atoms with E-state index in [1.165, 1.54) is 5.56 Å². The fraction of sp³-hybridized carbons (Fsp3) is 0.588. The van der Waals surface area contributed by atoms with Gasteiger partial charge < -0.3 is 14.5 Å².